The molecule has 0 bridgehead atoms. The molecule has 0 aromatic rings. The summed E-state index contributed by atoms with van der Waals surface area (Å²) in [7, 11) is 1.82. The molecular weight excluding hydrogens is 205 g/mol. The molecular formula is C10H19F3N2. The zero-order valence-corrected chi connectivity index (χ0v) is 9.27. The largest absolute Gasteiger partial charge is 0.393 e. The third-order valence-electron chi connectivity index (χ3n) is 3.04. The van der Waals surface area contributed by atoms with Gasteiger partial charge in [-0.3, -0.25) is 4.90 Å². The van der Waals surface area contributed by atoms with Crippen LogP contribution >= 0.6 is 0 Å². The molecule has 0 radical (unpaired) electrons. The van der Waals surface area contributed by atoms with Crippen LogP contribution in [0.1, 0.15) is 19.8 Å². The van der Waals surface area contributed by atoms with Gasteiger partial charge in [0.1, 0.15) is 0 Å². The number of rotatable bonds is 3. The van der Waals surface area contributed by atoms with Gasteiger partial charge in [-0.2, -0.15) is 13.2 Å². The highest BCUT2D eigenvalue weighted by Gasteiger charge is 2.42. The number of nitrogens with zero attached hydrogens (tertiary/aromatic N) is 1. The maximum atomic E-state index is 12.5. The fraction of sp³-hybridized carbons (Fsp3) is 1.00. The number of hydrogen-bond donors (Lipinski definition) is 1. The van der Waals surface area contributed by atoms with E-state index in [0.29, 0.717) is 6.42 Å². The monoisotopic (exact) mass is 224 g/mol. The van der Waals surface area contributed by atoms with Crippen LogP contribution in [0.4, 0.5) is 13.2 Å². The summed E-state index contributed by atoms with van der Waals surface area (Å²) in [4.78, 5) is 1.93. The van der Waals surface area contributed by atoms with Crippen molar-refractivity contribution in [3.05, 3.63) is 0 Å². The van der Waals surface area contributed by atoms with Crippen molar-refractivity contribution in [1.82, 2.24) is 10.2 Å². The van der Waals surface area contributed by atoms with Gasteiger partial charge in [0.2, 0.25) is 0 Å². The number of likely N-dealkylation sites (tertiary alicyclic amines) is 1. The minimum Gasteiger partial charge on any atom is -0.318 e. The normalized spacial score (nSPS) is 26.6. The summed E-state index contributed by atoms with van der Waals surface area (Å²) >= 11 is 0. The molecule has 0 aromatic heterocycles. The Bertz CT molecular complexity index is 194. The number of alkyl halides is 3. The van der Waals surface area contributed by atoms with Gasteiger partial charge in [0.25, 0.3) is 0 Å². The number of likely N-dealkylation sites (N-methyl/N-ethyl adjacent to an activating group) is 1. The average Bonchev–Trinajstić information content (AvgIpc) is 2.17. The van der Waals surface area contributed by atoms with Gasteiger partial charge in [0, 0.05) is 19.1 Å². The maximum Gasteiger partial charge on any atom is 0.393 e. The lowest BCUT2D eigenvalue weighted by Gasteiger charge is -2.37. The topological polar surface area (TPSA) is 15.3 Å². The van der Waals surface area contributed by atoms with Crippen molar-refractivity contribution in [2.24, 2.45) is 5.92 Å². The molecule has 15 heavy (non-hydrogen) atoms. The Balaban J connectivity index is 2.48. The van der Waals surface area contributed by atoms with E-state index in [1.165, 1.54) is 0 Å². The third-order valence-corrected chi connectivity index (χ3v) is 3.04. The van der Waals surface area contributed by atoms with E-state index in [9.17, 15) is 13.2 Å². The van der Waals surface area contributed by atoms with Crippen LogP contribution in [0.5, 0.6) is 0 Å². The SMILES string of the molecule is CNCC(C)N1CCCC(C(F)(F)F)C1. The molecule has 1 N–H and O–H groups in total. The smallest absolute Gasteiger partial charge is 0.318 e. The molecule has 0 amide bonds. The van der Waals surface area contributed by atoms with Gasteiger partial charge in [-0.05, 0) is 33.4 Å². The van der Waals surface area contributed by atoms with Gasteiger partial charge in [-0.25, -0.2) is 0 Å². The predicted molar refractivity (Wildman–Crippen MR) is 53.7 cm³/mol. The Morgan fingerprint density at radius 1 is 1.47 bits per heavy atom. The van der Waals surface area contributed by atoms with E-state index >= 15 is 0 Å². The van der Waals surface area contributed by atoms with Gasteiger partial charge in [-0.1, -0.05) is 0 Å². The number of hydrogen-bond acceptors (Lipinski definition) is 2. The maximum absolute atomic E-state index is 12.5. The molecule has 1 heterocycles. The van der Waals surface area contributed by atoms with Crippen LogP contribution in [0.25, 0.3) is 0 Å². The summed E-state index contributed by atoms with van der Waals surface area (Å²) in [5.41, 5.74) is 0. The standard InChI is InChI=1S/C10H19F3N2/c1-8(6-14-2)15-5-3-4-9(7-15)10(11,12)13/h8-9,14H,3-7H2,1-2H3. The van der Waals surface area contributed by atoms with Crippen molar-refractivity contribution < 1.29 is 13.2 Å². The van der Waals surface area contributed by atoms with E-state index in [1.807, 2.05) is 18.9 Å². The minimum absolute atomic E-state index is 0.159. The summed E-state index contributed by atoms with van der Waals surface area (Å²) in [6, 6.07) is 0.181. The Labute approximate surface area is 88.8 Å². The fourth-order valence-corrected chi connectivity index (χ4v) is 2.10. The summed E-state index contributed by atoms with van der Waals surface area (Å²) in [6.45, 7) is 3.65. The summed E-state index contributed by atoms with van der Waals surface area (Å²) < 4.78 is 37.6. The van der Waals surface area contributed by atoms with Crippen molar-refractivity contribution in [2.45, 2.75) is 32.0 Å². The summed E-state index contributed by atoms with van der Waals surface area (Å²) in [5, 5.41) is 3.00. The van der Waals surface area contributed by atoms with Gasteiger partial charge in [0.15, 0.2) is 0 Å². The lowest BCUT2D eigenvalue weighted by molar-refractivity contribution is -0.188. The molecule has 1 aliphatic heterocycles. The second-order valence-electron chi connectivity index (χ2n) is 4.28. The Kier molecular flexibility index (Phi) is 4.40. The highest BCUT2D eigenvalue weighted by Crippen LogP contribution is 2.33. The van der Waals surface area contributed by atoms with Gasteiger partial charge >= 0.3 is 6.18 Å². The van der Waals surface area contributed by atoms with Crippen LogP contribution in [0, 0.1) is 5.92 Å². The molecule has 2 unspecified atom stereocenters. The average molecular weight is 224 g/mol. The van der Waals surface area contributed by atoms with Crippen molar-refractivity contribution in [3.8, 4) is 0 Å². The highest BCUT2D eigenvalue weighted by atomic mass is 19.4. The van der Waals surface area contributed by atoms with E-state index < -0.39 is 12.1 Å². The van der Waals surface area contributed by atoms with Crippen LogP contribution in [-0.2, 0) is 0 Å². The molecule has 1 fully saturated rings. The molecule has 1 aliphatic rings. The van der Waals surface area contributed by atoms with Crippen LogP contribution in [0.3, 0.4) is 0 Å². The molecule has 1 saturated heterocycles. The predicted octanol–water partition coefficient (Wildman–Crippen LogP) is 1.87. The molecule has 0 saturated carbocycles. The lowest BCUT2D eigenvalue weighted by atomic mass is 9.96. The molecule has 0 spiro atoms. The highest BCUT2D eigenvalue weighted by molar-refractivity contribution is 4.81. The van der Waals surface area contributed by atoms with E-state index in [0.717, 1.165) is 13.1 Å². The molecule has 0 aliphatic carbocycles. The molecule has 5 heteroatoms. The number of halogens is 3. The van der Waals surface area contributed by atoms with E-state index in [-0.39, 0.29) is 19.0 Å². The first-order valence-corrected chi connectivity index (χ1v) is 5.40. The van der Waals surface area contributed by atoms with Crippen LogP contribution in [0.15, 0.2) is 0 Å². The third kappa shape index (κ3) is 3.65. The summed E-state index contributed by atoms with van der Waals surface area (Å²) in [6.07, 6.45) is -3.09. The van der Waals surface area contributed by atoms with E-state index in [1.54, 1.807) is 0 Å². The first kappa shape index (κ1) is 12.8. The molecule has 1 rings (SSSR count). The first-order valence-electron chi connectivity index (χ1n) is 5.40. The zero-order valence-electron chi connectivity index (χ0n) is 9.27. The van der Waals surface area contributed by atoms with E-state index in [2.05, 4.69) is 5.32 Å². The number of nitrogens with one attached hydrogen (secondary N) is 1. The van der Waals surface area contributed by atoms with Gasteiger partial charge < -0.3 is 5.32 Å². The van der Waals surface area contributed by atoms with Crippen LogP contribution in [0.2, 0.25) is 0 Å². The van der Waals surface area contributed by atoms with E-state index in [4.69, 9.17) is 0 Å². The Morgan fingerprint density at radius 3 is 2.67 bits per heavy atom. The fourth-order valence-electron chi connectivity index (χ4n) is 2.10. The summed E-state index contributed by atoms with van der Waals surface area (Å²) in [5.74, 6) is -1.13. The first-order chi connectivity index (χ1) is 6.95. The second-order valence-corrected chi connectivity index (χ2v) is 4.28. The van der Waals surface area contributed by atoms with Crippen molar-refractivity contribution in [2.75, 3.05) is 26.7 Å². The zero-order chi connectivity index (χ0) is 11.5. The van der Waals surface area contributed by atoms with Crippen LogP contribution < -0.4 is 5.32 Å². The minimum atomic E-state index is -4.03. The molecule has 90 valence electrons. The second kappa shape index (κ2) is 5.16. The molecule has 2 nitrogen and oxygen atoms in total. The van der Waals surface area contributed by atoms with Crippen molar-refractivity contribution in [3.63, 3.8) is 0 Å². The molecule has 0 aromatic carbocycles. The lowest BCUT2D eigenvalue weighted by Crippen LogP contribution is -2.48. The molecule has 2 atom stereocenters. The quantitative estimate of drug-likeness (QED) is 0.787. The van der Waals surface area contributed by atoms with Crippen LogP contribution in [-0.4, -0.2) is 43.8 Å². The van der Waals surface area contributed by atoms with Crippen molar-refractivity contribution >= 4 is 0 Å². The van der Waals surface area contributed by atoms with Crippen molar-refractivity contribution in [1.29, 1.82) is 0 Å². The van der Waals surface area contributed by atoms with Gasteiger partial charge in [0.05, 0.1) is 5.92 Å². The van der Waals surface area contributed by atoms with Gasteiger partial charge in [-0.15, -0.1) is 0 Å². The Morgan fingerprint density at radius 2 is 2.13 bits per heavy atom. The Hall–Kier alpha value is -0.290. The number of piperidine rings is 1.